The van der Waals surface area contributed by atoms with Gasteiger partial charge in [0.25, 0.3) is 0 Å². The highest BCUT2D eigenvalue weighted by Gasteiger charge is 2.21. The first-order chi connectivity index (χ1) is 9.97. The molecule has 1 rings (SSSR count). The highest BCUT2D eigenvalue weighted by molar-refractivity contribution is 5.93. The lowest BCUT2D eigenvalue weighted by molar-refractivity contribution is -0.136. The van der Waals surface area contributed by atoms with Crippen LogP contribution in [0, 0.1) is 6.92 Å². The molecule has 0 saturated heterocycles. The van der Waals surface area contributed by atoms with Gasteiger partial charge in [0.05, 0.1) is 13.0 Å². The molecule has 0 radical (unpaired) electrons. The van der Waals surface area contributed by atoms with Gasteiger partial charge in [-0.1, -0.05) is 18.2 Å². The number of ether oxygens (including phenoxy) is 1. The highest BCUT2D eigenvalue weighted by Crippen LogP contribution is 2.21. The number of aryl methyl sites for hydroxylation is 1. The van der Waals surface area contributed by atoms with Crippen LogP contribution < -0.4 is 4.90 Å². The Bertz CT molecular complexity index is 490. The van der Waals surface area contributed by atoms with Crippen LogP contribution in [0.4, 0.5) is 10.5 Å². The number of carbonyl (C=O) groups excluding carboxylic acids is 1. The first kappa shape index (κ1) is 17.0. The summed E-state index contributed by atoms with van der Waals surface area (Å²) in [4.78, 5) is 26.4. The van der Waals surface area contributed by atoms with Gasteiger partial charge in [0.15, 0.2) is 0 Å². The number of nitrogens with zero attached hydrogens (tertiary/aromatic N) is 2. The highest BCUT2D eigenvalue weighted by atomic mass is 16.5. The van der Waals surface area contributed by atoms with Crippen LogP contribution in [0.25, 0.3) is 0 Å². The zero-order chi connectivity index (χ0) is 15.8. The maximum absolute atomic E-state index is 12.5. The molecule has 0 heterocycles. The molecule has 6 nitrogen and oxygen atoms in total. The van der Waals surface area contributed by atoms with Crippen molar-refractivity contribution in [3.05, 3.63) is 29.8 Å². The van der Waals surface area contributed by atoms with Crippen LogP contribution in [0.2, 0.25) is 0 Å². The van der Waals surface area contributed by atoms with Crippen LogP contribution in [-0.4, -0.2) is 55.9 Å². The zero-order valence-corrected chi connectivity index (χ0v) is 12.7. The van der Waals surface area contributed by atoms with E-state index >= 15 is 0 Å². The topological polar surface area (TPSA) is 70.1 Å². The summed E-state index contributed by atoms with van der Waals surface area (Å²) in [5.74, 6) is -0.930. The average Bonchev–Trinajstić information content (AvgIpc) is 2.46. The number of benzene rings is 1. The molecular weight excluding hydrogens is 272 g/mol. The molecule has 0 saturated carbocycles. The fourth-order valence-electron chi connectivity index (χ4n) is 1.92. The number of likely N-dealkylation sites (N-methyl/N-ethyl adjacent to an activating group) is 1. The van der Waals surface area contributed by atoms with E-state index in [1.165, 1.54) is 9.80 Å². The molecule has 116 valence electrons. The van der Waals surface area contributed by atoms with Crippen molar-refractivity contribution in [2.24, 2.45) is 0 Å². The minimum atomic E-state index is -0.930. The SMILES string of the molecule is COCCN(C)C(=O)N(CCC(=O)O)c1ccccc1C. The summed E-state index contributed by atoms with van der Waals surface area (Å²) < 4.78 is 4.96. The Balaban J connectivity index is 2.94. The van der Waals surface area contributed by atoms with Crippen LogP contribution >= 0.6 is 0 Å². The van der Waals surface area contributed by atoms with E-state index in [9.17, 15) is 9.59 Å². The molecule has 0 aliphatic rings. The van der Waals surface area contributed by atoms with Crippen molar-refractivity contribution in [1.29, 1.82) is 0 Å². The van der Waals surface area contributed by atoms with Crippen molar-refractivity contribution in [2.45, 2.75) is 13.3 Å². The number of amides is 2. The first-order valence-electron chi connectivity index (χ1n) is 6.76. The first-order valence-corrected chi connectivity index (χ1v) is 6.76. The monoisotopic (exact) mass is 294 g/mol. The van der Waals surface area contributed by atoms with Crippen LogP contribution in [-0.2, 0) is 9.53 Å². The van der Waals surface area contributed by atoms with Gasteiger partial charge in [0.1, 0.15) is 0 Å². The molecular formula is C15H22N2O4. The number of para-hydroxylation sites is 1. The smallest absolute Gasteiger partial charge is 0.324 e. The fraction of sp³-hybridized carbons (Fsp3) is 0.467. The standard InChI is InChI=1S/C15H22N2O4/c1-12-6-4-5-7-13(12)17(9-8-14(18)19)15(20)16(2)10-11-21-3/h4-7H,8-11H2,1-3H3,(H,18,19). The Morgan fingerprint density at radius 3 is 2.48 bits per heavy atom. The van der Waals surface area contributed by atoms with E-state index in [1.807, 2.05) is 31.2 Å². The second-order valence-corrected chi connectivity index (χ2v) is 4.78. The minimum Gasteiger partial charge on any atom is -0.481 e. The molecule has 1 N–H and O–H groups in total. The van der Waals surface area contributed by atoms with E-state index in [2.05, 4.69) is 0 Å². The van der Waals surface area contributed by atoms with Crippen molar-refractivity contribution < 1.29 is 19.4 Å². The van der Waals surface area contributed by atoms with Gasteiger partial charge in [0.2, 0.25) is 0 Å². The lowest BCUT2D eigenvalue weighted by Crippen LogP contribution is -2.43. The Morgan fingerprint density at radius 1 is 1.24 bits per heavy atom. The maximum Gasteiger partial charge on any atom is 0.324 e. The number of carbonyl (C=O) groups is 2. The summed E-state index contributed by atoms with van der Waals surface area (Å²) in [7, 11) is 3.25. The van der Waals surface area contributed by atoms with Gasteiger partial charge >= 0.3 is 12.0 Å². The number of hydrogen-bond donors (Lipinski definition) is 1. The molecule has 1 aromatic carbocycles. The molecule has 21 heavy (non-hydrogen) atoms. The van der Waals surface area contributed by atoms with Crippen molar-refractivity contribution in [3.63, 3.8) is 0 Å². The molecule has 0 aliphatic heterocycles. The number of anilines is 1. The molecule has 0 atom stereocenters. The van der Waals surface area contributed by atoms with Crippen LogP contribution in [0.1, 0.15) is 12.0 Å². The number of aliphatic carboxylic acids is 1. The summed E-state index contributed by atoms with van der Waals surface area (Å²) in [6, 6.07) is 7.19. The van der Waals surface area contributed by atoms with Crippen LogP contribution in [0.5, 0.6) is 0 Å². The number of methoxy groups -OCH3 is 1. The number of hydrogen-bond acceptors (Lipinski definition) is 3. The van der Waals surface area contributed by atoms with Gasteiger partial charge in [-0.25, -0.2) is 4.79 Å². The Labute approximate surface area is 124 Å². The molecule has 2 amide bonds. The lowest BCUT2D eigenvalue weighted by Gasteiger charge is -2.29. The lowest BCUT2D eigenvalue weighted by atomic mass is 10.2. The molecule has 1 aromatic rings. The second-order valence-electron chi connectivity index (χ2n) is 4.78. The maximum atomic E-state index is 12.5. The van der Waals surface area contributed by atoms with Gasteiger partial charge in [-0.05, 0) is 18.6 Å². The Morgan fingerprint density at radius 2 is 1.90 bits per heavy atom. The quantitative estimate of drug-likeness (QED) is 0.834. The summed E-state index contributed by atoms with van der Waals surface area (Å²) in [6.45, 7) is 2.91. The fourth-order valence-corrected chi connectivity index (χ4v) is 1.92. The van der Waals surface area contributed by atoms with Gasteiger partial charge in [-0.2, -0.15) is 0 Å². The molecule has 0 bridgehead atoms. The van der Waals surface area contributed by atoms with E-state index in [4.69, 9.17) is 9.84 Å². The predicted molar refractivity (Wildman–Crippen MR) is 80.7 cm³/mol. The third-order valence-electron chi connectivity index (χ3n) is 3.14. The molecule has 0 aromatic heterocycles. The van der Waals surface area contributed by atoms with Crippen molar-refractivity contribution >= 4 is 17.7 Å². The second kappa shape index (κ2) is 8.26. The zero-order valence-electron chi connectivity index (χ0n) is 12.7. The summed E-state index contributed by atoms with van der Waals surface area (Å²) >= 11 is 0. The van der Waals surface area contributed by atoms with Gasteiger partial charge in [-0.3, -0.25) is 9.69 Å². The number of rotatable bonds is 7. The van der Waals surface area contributed by atoms with Crippen molar-refractivity contribution in [3.8, 4) is 0 Å². The van der Waals surface area contributed by atoms with Gasteiger partial charge in [0, 0.05) is 32.9 Å². The molecule has 6 heteroatoms. The Hall–Kier alpha value is -2.08. The number of carboxylic acids is 1. The molecule has 0 fully saturated rings. The minimum absolute atomic E-state index is 0.0990. The van der Waals surface area contributed by atoms with Crippen LogP contribution in [0.15, 0.2) is 24.3 Å². The average molecular weight is 294 g/mol. The van der Waals surface area contributed by atoms with Crippen molar-refractivity contribution in [1.82, 2.24) is 4.90 Å². The van der Waals surface area contributed by atoms with Crippen molar-refractivity contribution in [2.75, 3.05) is 38.8 Å². The summed E-state index contributed by atoms with van der Waals surface area (Å²) in [5, 5.41) is 8.87. The predicted octanol–water partition coefficient (Wildman–Crippen LogP) is 1.97. The Kier molecular flexibility index (Phi) is 6.68. The van der Waals surface area contributed by atoms with Crippen LogP contribution in [0.3, 0.4) is 0 Å². The molecule has 0 unspecified atom stereocenters. The van der Waals surface area contributed by atoms with Gasteiger partial charge in [-0.15, -0.1) is 0 Å². The third kappa shape index (κ3) is 5.07. The summed E-state index contributed by atoms with van der Waals surface area (Å²) in [6.07, 6.45) is -0.0990. The van der Waals surface area contributed by atoms with E-state index in [1.54, 1.807) is 14.2 Å². The van der Waals surface area contributed by atoms with E-state index in [-0.39, 0.29) is 19.0 Å². The van der Waals surface area contributed by atoms with E-state index in [0.717, 1.165) is 11.3 Å². The van der Waals surface area contributed by atoms with E-state index < -0.39 is 5.97 Å². The summed E-state index contributed by atoms with van der Waals surface area (Å²) in [5.41, 5.74) is 1.66. The number of urea groups is 1. The third-order valence-corrected chi connectivity index (χ3v) is 3.14. The van der Waals surface area contributed by atoms with E-state index in [0.29, 0.717) is 13.2 Å². The normalized spacial score (nSPS) is 10.2. The largest absolute Gasteiger partial charge is 0.481 e. The van der Waals surface area contributed by atoms with Gasteiger partial charge < -0.3 is 14.7 Å². The molecule has 0 aliphatic carbocycles. The molecule has 0 spiro atoms. The number of carboxylic acid groups (broad SMARTS) is 1.